The third-order valence-corrected chi connectivity index (χ3v) is 6.10. The molecule has 3 heteroatoms. The molecule has 26 heavy (non-hydrogen) atoms. The number of halogens is 1. The van der Waals surface area contributed by atoms with E-state index in [2.05, 4.69) is 61.6 Å². The van der Waals surface area contributed by atoms with Crippen LogP contribution in [0.5, 0.6) is 0 Å². The summed E-state index contributed by atoms with van der Waals surface area (Å²) in [5.74, 6) is 0.814. The molecule has 0 amide bonds. The summed E-state index contributed by atoms with van der Waals surface area (Å²) in [4.78, 5) is 2.46. The van der Waals surface area contributed by atoms with Gasteiger partial charge in [-0.1, -0.05) is 39.3 Å². The third kappa shape index (κ3) is 3.46. The molecule has 0 N–H and O–H groups in total. The molecule has 1 aliphatic carbocycles. The molecule has 144 valence electrons. The van der Waals surface area contributed by atoms with E-state index in [4.69, 9.17) is 11.6 Å². The lowest BCUT2D eigenvalue weighted by atomic mass is 9.90. The molecule has 2 aliphatic rings. The van der Waals surface area contributed by atoms with Crippen LogP contribution in [0, 0.1) is 26.7 Å². The summed E-state index contributed by atoms with van der Waals surface area (Å²) in [6, 6.07) is 8.85. The molecule has 1 aromatic carbocycles. The molecule has 1 saturated heterocycles. The molecule has 2 unspecified atom stereocenters. The van der Waals surface area contributed by atoms with Gasteiger partial charge in [0.25, 0.3) is 0 Å². The Morgan fingerprint density at radius 3 is 2.08 bits per heavy atom. The largest absolute Gasteiger partial charge is 0.318 e. The van der Waals surface area contributed by atoms with E-state index in [1.165, 1.54) is 47.7 Å². The second-order valence-electron chi connectivity index (χ2n) is 7.31. The van der Waals surface area contributed by atoms with Crippen LogP contribution in [0.2, 0.25) is 5.02 Å². The van der Waals surface area contributed by atoms with Crippen LogP contribution in [-0.2, 0) is 5.41 Å². The lowest BCUT2D eigenvalue weighted by Gasteiger charge is -2.22. The molecule has 2 heterocycles. The molecule has 4 rings (SSSR count). The first-order valence-electron chi connectivity index (χ1n) is 10.1. The molecule has 1 aromatic heterocycles. The van der Waals surface area contributed by atoms with Crippen molar-refractivity contribution in [1.82, 2.24) is 9.47 Å². The zero-order valence-electron chi connectivity index (χ0n) is 17.8. The van der Waals surface area contributed by atoms with Gasteiger partial charge in [-0.2, -0.15) is 0 Å². The number of likely N-dealkylation sites (N-methyl/N-ethyl adjacent to an activating group) is 1. The fourth-order valence-corrected chi connectivity index (χ4v) is 4.75. The monoisotopic (exact) mass is 374 g/mol. The van der Waals surface area contributed by atoms with E-state index in [1.807, 2.05) is 27.7 Å². The van der Waals surface area contributed by atoms with Crippen LogP contribution in [0.4, 0.5) is 0 Å². The number of aromatic nitrogens is 1. The highest BCUT2D eigenvalue weighted by atomic mass is 35.5. The molecule has 0 bridgehead atoms. The number of aryl methyl sites for hydroxylation is 2. The fourth-order valence-electron chi connectivity index (χ4n) is 4.54. The molecule has 0 spiro atoms. The number of likely N-dealkylation sites (tertiary alicyclic amines) is 1. The van der Waals surface area contributed by atoms with Crippen molar-refractivity contribution < 1.29 is 0 Å². The van der Waals surface area contributed by atoms with Crippen molar-refractivity contribution in [3.8, 4) is 5.69 Å². The summed E-state index contributed by atoms with van der Waals surface area (Å²) < 4.78 is 2.31. The van der Waals surface area contributed by atoms with Gasteiger partial charge in [0.15, 0.2) is 0 Å². The molecule has 1 saturated carbocycles. The third-order valence-electron chi connectivity index (χ3n) is 5.71. The molecule has 0 radical (unpaired) electrons. The molecule has 2 fully saturated rings. The van der Waals surface area contributed by atoms with Crippen molar-refractivity contribution >= 4 is 11.6 Å². The minimum atomic E-state index is 0.355. The number of fused-ring (bicyclic) bond motifs is 1. The van der Waals surface area contributed by atoms with E-state index in [9.17, 15) is 0 Å². The van der Waals surface area contributed by atoms with Gasteiger partial charge in [-0.3, -0.25) is 0 Å². The first kappa shape index (κ1) is 21.1. The van der Waals surface area contributed by atoms with E-state index < -0.39 is 0 Å². The number of benzene rings is 1. The number of hydrogen-bond acceptors (Lipinski definition) is 1. The van der Waals surface area contributed by atoms with Crippen molar-refractivity contribution in [2.75, 3.05) is 20.1 Å². The van der Waals surface area contributed by atoms with Crippen LogP contribution >= 0.6 is 11.6 Å². The van der Waals surface area contributed by atoms with E-state index >= 15 is 0 Å². The minimum absolute atomic E-state index is 0.355. The van der Waals surface area contributed by atoms with Crippen molar-refractivity contribution in [3.63, 3.8) is 0 Å². The van der Waals surface area contributed by atoms with Gasteiger partial charge in [-0.05, 0) is 75.5 Å². The Hall–Kier alpha value is -1.25. The topological polar surface area (TPSA) is 8.17 Å². The number of nitrogens with zero attached hydrogens (tertiary/aromatic N) is 2. The predicted octanol–water partition coefficient (Wildman–Crippen LogP) is 6.31. The SMILES string of the molecule is CC.CC.Cc1c(Cl)cc(-n2c(C)ccc2C)cc1C12CC1CN(C)C2. The van der Waals surface area contributed by atoms with Crippen LogP contribution in [0.25, 0.3) is 5.69 Å². The number of hydrogen-bond donors (Lipinski definition) is 0. The average Bonchev–Trinajstić information content (AvgIpc) is 3.04. The maximum atomic E-state index is 6.61. The fraction of sp³-hybridized carbons (Fsp3) is 0.565. The lowest BCUT2D eigenvalue weighted by molar-refractivity contribution is 0.363. The highest BCUT2D eigenvalue weighted by Gasteiger charge is 2.60. The van der Waals surface area contributed by atoms with Crippen LogP contribution in [-0.4, -0.2) is 29.6 Å². The maximum Gasteiger partial charge on any atom is 0.0472 e. The summed E-state index contributed by atoms with van der Waals surface area (Å²) in [6.07, 6.45) is 1.32. The lowest BCUT2D eigenvalue weighted by Crippen LogP contribution is -2.23. The van der Waals surface area contributed by atoms with Crippen molar-refractivity contribution in [2.45, 2.75) is 60.3 Å². The average molecular weight is 375 g/mol. The predicted molar refractivity (Wildman–Crippen MR) is 115 cm³/mol. The Labute approximate surface area is 165 Å². The number of piperidine rings is 1. The van der Waals surface area contributed by atoms with Gasteiger partial charge >= 0.3 is 0 Å². The van der Waals surface area contributed by atoms with Crippen molar-refractivity contribution in [3.05, 3.63) is 51.8 Å². The van der Waals surface area contributed by atoms with Gasteiger partial charge in [0.1, 0.15) is 0 Å². The van der Waals surface area contributed by atoms with Gasteiger partial charge in [0, 0.05) is 40.6 Å². The van der Waals surface area contributed by atoms with E-state index in [-0.39, 0.29) is 0 Å². The van der Waals surface area contributed by atoms with Gasteiger partial charge in [-0.15, -0.1) is 0 Å². The van der Waals surface area contributed by atoms with Crippen molar-refractivity contribution in [2.24, 2.45) is 5.92 Å². The second kappa shape index (κ2) is 8.19. The van der Waals surface area contributed by atoms with E-state index in [1.54, 1.807) is 0 Å². The van der Waals surface area contributed by atoms with Gasteiger partial charge in [-0.25, -0.2) is 0 Å². The first-order valence-corrected chi connectivity index (χ1v) is 10.4. The normalized spacial score (nSPS) is 23.5. The smallest absolute Gasteiger partial charge is 0.0472 e. The quantitative estimate of drug-likeness (QED) is 0.597. The standard InChI is InChI=1S/C19H23ClN2.2C2H6/c1-12-5-6-13(2)22(12)16-7-17(14(3)18(20)8-16)19-9-15(19)10-21(4)11-19;2*1-2/h5-8,15H,9-11H2,1-4H3;2*1-2H3. The summed E-state index contributed by atoms with van der Waals surface area (Å²) in [6.45, 7) is 16.9. The van der Waals surface area contributed by atoms with E-state index in [0.29, 0.717) is 5.41 Å². The Kier molecular flexibility index (Phi) is 6.63. The molecular formula is C23H35ClN2. The Bertz CT molecular complexity index is 742. The summed E-state index contributed by atoms with van der Waals surface area (Å²) in [5, 5.41) is 0.898. The summed E-state index contributed by atoms with van der Waals surface area (Å²) in [7, 11) is 2.23. The molecule has 2 atom stereocenters. The van der Waals surface area contributed by atoms with Gasteiger partial charge in [0.05, 0.1) is 0 Å². The molecule has 2 nitrogen and oxygen atoms in total. The van der Waals surface area contributed by atoms with E-state index in [0.717, 1.165) is 10.9 Å². The Morgan fingerprint density at radius 1 is 1.00 bits per heavy atom. The van der Waals surface area contributed by atoms with Gasteiger partial charge in [0.2, 0.25) is 0 Å². The van der Waals surface area contributed by atoms with Crippen LogP contribution in [0.15, 0.2) is 24.3 Å². The molecule has 1 aliphatic heterocycles. The highest BCUT2D eigenvalue weighted by Crippen LogP contribution is 2.60. The molecular weight excluding hydrogens is 340 g/mol. The van der Waals surface area contributed by atoms with Gasteiger partial charge < -0.3 is 9.47 Å². The van der Waals surface area contributed by atoms with Crippen LogP contribution < -0.4 is 0 Å². The zero-order valence-corrected chi connectivity index (χ0v) is 18.5. The summed E-state index contributed by atoms with van der Waals surface area (Å²) >= 11 is 6.61. The molecule has 2 aromatic rings. The first-order chi connectivity index (χ1) is 12.4. The minimum Gasteiger partial charge on any atom is -0.318 e. The second-order valence-corrected chi connectivity index (χ2v) is 7.71. The van der Waals surface area contributed by atoms with Crippen LogP contribution in [0.3, 0.4) is 0 Å². The van der Waals surface area contributed by atoms with Crippen LogP contribution in [0.1, 0.15) is 56.6 Å². The number of rotatable bonds is 2. The summed E-state index contributed by atoms with van der Waals surface area (Å²) in [5.41, 5.74) is 6.82. The highest BCUT2D eigenvalue weighted by molar-refractivity contribution is 6.31. The zero-order chi connectivity index (χ0) is 19.6. The Balaban J connectivity index is 0.000000570. The Morgan fingerprint density at radius 2 is 1.58 bits per heavy atom. The van der Waals surface area contributed by atoms with Crippen molar-refractivity contribution in [1.29, 1.82) is 0 Å². The maximum absolute atomic E-state index is 6.61.